The average molecular weight is 299 g/mol. The summed E-state index contributed by atoms with van der Waals surface area (Å²) in [6.07, 6.45) is 1.36. The van der Waals surface area contributed by atoms with Crippen molar-refractivity contribution < 1.29 is 14.6 Å². The van der Waals surface area contributed by atoms with Gasteiger partial charge in [0.2, 0.25) is 0 Å². The molecule has 0 heterocycles. The van der Waals surface area contributed by atoms with Crippen molar-refractivity contribution >= 4 is 21.9 Å². The molecule has 0 bridgehead atoms. The largest absolute Gasteiger partial charge is 0.496 e. The van der Waals surface area contributed by atoms with Crippen LogP contribution in [0.25, 0.3) is 0 Å². The van der Waals surface area contributed by atoms with E-state index in [4.69, 9.17) is 4.74 Å². The Morgan fingerprint density at radius 1 is 1.41 bits per heavy atom. The van der Waals surface area contributed by atoms with Crippen LogP contribution < -0.4 is 4.74 Å². The number of halogens is 1. The minimum absolute atomic E-state index is 0.681. The van der Waals surface area contributed by atoms with Crippen molar-refractivity contribution in [3.63, 3.8) is 0 Å². The van der Waals surface area contributed by atoms with Crippen molar-refractivity contribution in [3.8, 4) is 5.75 Å². The maximum atomic E-state index is 11.5. The van der Waals surface area contributed by atoms with Gasteiger partial charge in [0.15, 0.2) is 0 Å². The molecule has 0 amide bonds. The highest BCUT2D eigenvalue weighted by atomic mass is 79.9. The number of carbonyl (C=O) groups is 1. The summed E-state index contributed by atoms with van der Waals surface area (Å²) in [6.45, 7) is 3.91. The summed E-state index contributed by atoms with van der Waals surface area (Å²) >= 11 is 3.51. The Bertz CT molecular complexity index is 490. The van der Waals surface area contributed by atoms with Crippen LogP contribution in [0.15, 0.2) is 10.5 Å². The van der Waals surface area contributed by atoms with Crippen LogP contribution in [0.2, 0.25) is 0 Å². The van der Waals surface area contributed by atoms with Crippen molar-refractivity contribution in [1.29, 1.82) is 0 Å². The van der Waals surface area contributed by atoms with Crippen molar-refractivity contribution in [3.05, 3.63) is 27.2 Å². The first-order chi connectivity index (χ1) is 7.94. The maximum absolute atomic E-state index is 11.5. The minimum atomic E-state index is -0.762. The van der Waals surface area contributed by atoms with E-state index in [1.54, 1.807) is 7.11 Å². The summed E-state index contributed by atoms with van der Waals surface area (Å²) in [5.74, 6) is -0.0659. The lowest BCUT2D eigenvalue weighted by molar-refractivity contribution is -0.140. The molecule has 1 N–H and O–H groups in total. The van der Waals surface area contributed by atoms with Gasteiger partial charge in [0, 0.05) is 10.0 Å². The molecule has 1 aromatic carbocycles. The first-order valence-electron chi connectivity index (χ1n) is 5.51. The highest BCUT2D eigenvalue weighted by Gasteiger charge is 2.54. The van der Waals surface area contributed by atoms with Crippen LogP contribution in [-0.2, 0) is 10.2 Å². The summed E-state index contributed by atoms with van der Waals surface area (Å²) in [5, 5.41) is 9.41. The third-order valence-corrected chi connectivity index (χ3v) is 4.45. The van der Waals surface area contributed by atoms with Gasteiger partial charge in [0.25, 0.3) is 0 Å². The van der Waals surface area contributed by atoms with E-state index in [-0.39, 0.29) is 0 Å². The molecule has 0 spiro atoms. The van der Waals surface area contributed by atoms with Crippen LogP contribution in [0, 0.1) is 13.8 Å². The van der Waals surface area contributed by atoms with Gasteiger partial charge in [-0.1, -0.05) is 22.0 Å². The number of hydrogen-bond donors (Lipinski definition) is 1. The molecule has 1 aliphatic carbocycles. The second kappa shape index (κ2) is 4.02. The predicted molar refractivity (Wildman–Crippen MR) is 68.7 cm³/mol. The Labute approximate surface area is 109 Å². The Morgan fingerprint density at radius 3 is 2.41 bits per heavy atom. The number of aliphatic carboxylic acids is 1. The molecule has 1 saturated carbocycles. The van der Waals surface area contributed by atoms with Crippen LogP contribution in [0.5, 0.6) is 5.75 Å². The van der Waals surface area contributed by atoms with Gasteiger partial charge in [0.1, 0.15) is 5.75 Å². The summed E-state index contributed by atoms with van der Waals surface area (Å²) in [5.41, 5.74) is 2.08. The molecular formula is C13H15BrO3. The number of benzene rings is 1. The van der Waals surface area contributed by atoms with E-state index in [1.165, 1.54) is 0 Å². The zero-order valence-electron chi connectivity index (χ0n) is 10.1. The molecule has 17 heavy (non-hydrogen) atoms. The quantitative estimate of drug-likeness (QED) is 0.932. The smallest absolute Gasteiger partial charge is 0.314 e. The Balaban J connectivity index is 2.71. The van der Waals surface area contributed by atoms with Crippen molar-refractivity contribution in [2.45, 2.75) is 32.1 Å². The number of aryl methyl sites for hydroxylation is 2. The van der Waals surface area contributed by atoms with Gasteiger partial charge >= 0.3 is 5.97 Å². The van der Waals surface area contributed by atoms with Crippen molar-refractivity contribution in [1.82, 2.24) is 0 Å². The van der Waals surface area contributed by atoms with Gasteiger partial charge in [-0.25, -0.2) is 0 Å². The second-order valence-corrected chi connectivity index (χ2v) is 5.41. The number of hydrogen-bond acceptors (Lipinski definition) is 2. The normalized spacial score (nSPS) is 16.7. The third kappa shape index (κ3) is 1.75. The van der Waals surface area contributed by atoms with Crippen molar-refractivity contribution in [2.24, 2.45) is 0 Å². The predicted octanol–water partition coefficient (Wildman–Crippen LogP) is 3.19. The number of ether oxygens (including phenoxy) is 1. The third-order valence-electron chi connectivity index (χ3n) is 3.43. The molecule has 2 rings (SSSR count). The molecule has 1 aromatic rings. The molecule has 0 aromatic heterocycles. The molecule has 1 fully saturated rings. The minimum Gasteiger partial charge on any atom is -0.496 e. The highest BCUT2D eigenvalue weighted by Crippen LogP contribution is 2.55. The van der Waals surface area contributed by atoms with Gasteiger partial charge in [0.05, 0.1) is 12.5 Å². The van der Waals surface area contributed by atoms with Gasteiger partial charge in [-0.2, -0.15) is 0 Å². The molecular weight excluding hydrogens is 284 g/mol. The molecule has 0 aliphatic heterocycles. The van der Waals surface area contributed by atoms with Crippen LogP contribution in [0.1, 0.15) is 29.5 Å². The van der Waals surface area contributed by atoms with E-state index in [9.17, 15) is 9.90 Å². The number of rotatable bonds is 3. The summed E-state index contributed by atoms with van der Waals surface area (Å²) in [4.78, 5) is 11.5. The standard InChI is InChI=1S/C13H15BrO3/c1-7-6-8(2)11(17-3)9(10(7)14)13(4-5-13)12(15)16/h6H,4-5H2,1-3H3,(H,15,16). The topological polar surface area (TPSA) is 46.5 Å². The number of carboxylic acids is 1. The zero-order chi connectivity index (χ0) is 12.8. The monoisotopic (exact) mass is 298 g/mol. The molecule has 4 heteroatoms. The second-order valence-electron chi connectivity index (χ2n) is 4.62. The lowest BCUT2D eigenvalue weighted by Gasteiger charge is -2.20. The zero-order valence-corrected chi connectivity index (χ0v) is 11.7. The first kappa shape index (κ1) is 12.4. The molecule has 0 atom stereocenters. The van der Waals surface area contributed by atoms with Crippen LogP contribution in [0.3, 0.4) is 0 Å². The van der Waals surface area contributed by atoms with Crippen molar-refractivity contribution in [2.75, 3.05) is 7.11 Å². The number of methoxy groups -OCH3 is 1. The lowest BCUT2D eigenvalue weighted by Crippen LogP contribution is -2.21. The molecule has 0 saturated heterocycles. The van der Waals surface area contributed by atoms with Crippen LogP contribution >= 0.6 is 15.9 Å². The SMILES string of the molecule is COc1c(C)cc(C)c(Br)c1C1(C(=O)O)CC1. The van der Waals surface area contributed by atoms with E-state index in [2.05, 4.69) is 15.9 Å². The number of carboxylic acid groups (broad SMARTS) is 1. The van der Waals surface area contributed by atoms with Gasteiger partial charge in [-0.05, 0) is 37.8 Å². The van der Waals surface area contributed by atoms with Crippen LogP contribution in [0.4, 0.5) is 0 Å². The summed E-state index contributed by atoms with van der Waals surface area (Å²) in [7, 11) is 1.59. The molecule has 1 aliphatic rings. The lowest BCUT2D eigenvalue weighted by atomic mass is 9.91. The van der Waals surface area contributed by atoms with E-state index in [1.807, 2.05) is 19.9 Å². The Morgan fingerprint density at radius 2 is 2.00 bits per heavy atom. The Kier molecular flexibility index (Phi) is 2.94. The fraction of sp³-hybridized carbons (Fsp3) is 0.462. The van der Waals surface area contributed by atoms with Gasteiger partial charge in [-0.15, -0.1) is 0 Å². The Hall–Kier alpha value is -1.03. The summed E-state index contributed by atoms with van der Waals surface area (Å²) in [6, 6.07) is 2.00. The van der Waals surface area contributed by atoms with Crippen LogP contribution in [-0.4, -0.2) is 18.2 Å². The van der Waals surface area contributed by atoms with E-state index in [0.717, 1.165) is 21.2 Å². The first-order valence-corrected chi connectivity index (χ1v) is 6.31. The average Bonchev–Trinajstić information content (AvgIpc) is 3.04. The van der Waals surface area contributed by atoms with E-state index < -0.39 is 11.4 Å². The fourth-order valence-electron chi connectivity index (χ4n) is 2.33. The molecule has 3 nitrogen and oxygen atoms in total. The molecule has 0 radical (unpaired) electrons. The van der Waals surface area contributed by atoms with Gasteiger partial charge in [-0.3, -0.25) is 4.79 Å². The van der Waals surface area contributed by atoms with Gasteiger partial charge < -0.3 is 9.84 Å². The molecule has 0 unspecified atom stereocenters. The highest BCUT2D eigenvalue weighted by molar-refractivity contribution is 9.10. The summed E-state index contributed by atoms with van der Waals surface area (Å²) < 4.78 is 6.26. The fourth-order valence-corrected chi connectivity index (χ4v) is 3.01. The molecule has 92 valence electrons. The van der Waals surface area contributed by atoms with E-state index in [0.29, 0.717) is 18.6 Å². The van der Waals surface area contributed by atoms with E-state index >= 15 is 0 Å². The maximum Gasteiger partial charge on any atom is 0.314 e.